The summed E-state index contributed by atoms with van der Waals surface area (Å²) in [6, 6.07) is 9.60. The molecule has 0 aromatic heterocycles. The molecule has 0 atom stereocenters. The third-order valence-corrected chi connectivity index (χ3v) is 3.00. The highest BCUT2D eigenvalue weighted by molar-refractivity contribution is 6.33. The van der Waals surface area contributed by atoms with E-state index in [1.165, 1.54) is 6.07 Å². The van der Waals surface area contributed by atoms with Crippen LogP contribution >= 0.6 is 11.6 Å². The predicted molar refractivity (Wildman–Crippen MR) is 80.3 cm³/mol. The van der Waals surface area contributed by atoms with Crippen LogP contribution < -0.4 is 15.4 Å². The van der Waals surface area contributed by atoms with Gasteiger partial charge >= 0.3 is 6.03 Å². The molecule has 116 valence electrons. The molecule has 2 rings (SSSR count). The number of para-hydroxylation sites is 1. The molecule has 22 heavy (non-hydrogen) atoms. The molecule has 7 heteroatoms. The molecule has 0 bridgehead atoms. The van der Waals surface area contributed by atoms with E-state index in [0.29, 0.717) is 10.7 Å². The van der Waals surface area contributed by atoms with Gasteiger partial charge in [0, 0.05) is 6.07 Å². The maximum atomic E-state index is 12.9. The van der Waals surface area contributed by atoms with Gasteiger partial charge < -0.3 is 15.4 Å². The second kappa shape index (κ2) is 7.61. The number of amides is 2. The Labute approximate surface area is 131 Å². The monoisotopic (exact) mass is 326 g/mol. The third-order valence-electron chi connectivity index (χ3n) is 2.67. The van der Waals surface area contributed by atoms with E-state index in [1.54, 1.807) is 24.3 Å². The van der Waals surface area contributed by atoms with E-state index < -0.39 is 17.7 Å². The number of nitrogens with one attached hydrogen (secondary N) is 2. The fourth-order valence-corrected chi connectivity index (χ4v) is 1.81. The van der Waals surface area contributed by atoms with Crippen LogP contribution in [-0.2, 0) is 0 Å². The number of hydrogen-bond acceptors (Lipinski definition) is 2. The van der Waals surface area contributed by atoms with Gasteiger partial charge in [-0.3, -0.25) is 0 Å². The number of ether oxygens (including phenoxy) is 1. The van der Waals surface area contributed by atoms with Crippen molar-refractivity contribution in [3.63, 3.8) is 0 Å². The number of benzene rings is 2. The second-order valence-corrected chi connectivity index (χ2v) is 4.69. The van der Waals surface area contributed by atoms with Crippen molar-refractivity contribution in [2.24, 2.45) is 0 Å². The minimum absolute atomic E-state index is 0.112. The Morgan fingerprint density at radius 1 is 1.14 bits per heavy atom. The highest BCUT2D eigenvalue weighted by Crippen LogP contribution is 2.20. The lowest BCUT2D eigenvalue weighted by atomic mass is 10.3. The average molecular weight is 327 g/mol. The highest BCUT2D eigenvalue weighted by Gasteiger charge is 2.05. The summed E-state index contributed by atoms with van der Waals surface area (Å²) in [5.74, 6) is -1.74. The van der Waals surface area contributed by atoms with E-state index in [4.69, 9.17) is 16.3 Å². The summed E-state index contributed by atoms with van der Waals surface area (Å²) < 4.78 is 30.9. The van der Waals surface area contributed by atoms with Gasteiger partial charge in [-0.15, -0.1) is 0 Å². The Hall–Kier alpha value is -2.34. The molecule has 0 fully saturated rings. The average Bonchev–Trinajstić information content (AvgIpc) is 2.49. The maximum Gasteiger partial charge on any atom is 0.319 e. The van der Waals surface area contributed by atoms with Crippen molar-refractivity contribution in [2.75, 3.05) is 18.5 Å². The fraction of sp³-hybridized carbons (Fsp3) is 0.133. The van der Waals surface area contributed by atoms with Gasteiger partial charge in [-0.05, 0) is 24.3 Å². The standard InChI is InChI=1S/C15H13ClF2N2O2/c16-11-3-1-2-4-14(11)20-15(21)19-7-8-22-10-5-6-12(17)13(18)9-10/h1-6,9H,7-8H2,(H2,19,20,21). The van der Waals surface area contributed by atoms with Crippen LogP contribution in [0.1, 0.15) is 0 Å². The lowest BCUT2D eigenvalue weighted by Crippen LogP contribution is -2.32. The molecule has 2 aromatic rings. The van der Waals surface area contributed by atoms with E-state index in [2.05, 4.69) is 10.6 Å². The number of anilines is 1. The molecular formula is C15H13ClF2N2O2. The zero-order valence-corrected chi connectivity index (χ0v) is 12.2. The smallest absolute Gasteiger partial charge is 0.319 e. The molecule has 2 amide bonds. The normalized spacial score (nSPS) is 10.1. The minimum Gasteiger partial charge on any atom is -0.492 e. The summed E-state index contributed by atoms with van der Waals surface area (Å²) in [5.41, 5.74) is 0.489. The van der Waals surface area contributed by atoms with Crippen LogP contribution in [0.4, 0.5) is 19.3 Å². The van der Waals surface area contributed by atoms with Gasteiger partial charge in [0.1, 0.15) is 12.4 Å². The molecule has 0 aliphatic heterocycles. The van der Waals surface area contributed by atoms with Crippen LogP contribution in [-0.4, -0.2) is 19.2 Å². The van der Waals surface area contributed by atoms with E-state index in [-0.39, 0.29) is 18.9 Å². The molecule has 2 N–H and O–H groups in total. The van der Waals surface area contributed by atoms with Gasteiger partial charge in [-0.2, -0.15) is 0 Å². The first-order chi connectivity index (χ1) is 10.6. The highest BCUT2D eigenvalue weighted by atomic mass is 35.5. The predicted octanol–water partition coefficient (Wildman–Crippen LogP) is 3.82. The minimum atomic E-state index is -0.984. The summed E-state index contributed by atoms with van der Waals surface area (Å²) in [6.45, 7) is 0.302. The Kier molecular flexibility index (Phi) is 5.55. The van der Waals surface area contributed by atoms with Crippen LogP contribution in [0.3, 0.4) is 0 Å². The zero-order chi connectivity index (χ0) is 15.9. The van der Waals surface area contributed by atoms with Gasteiger partial charge in [-0.25, -0.2) is 13.6 Å². The number of halogens is 3. The van der Waals surface area contributed by atoms with Crippen molar-refractivity contribution in [3.8, 4) is 5.75 Å². The van der Waals surface area contributed by atoms with Crippen LogP contribution in [0.5, 0.6) is 5.75 Å². The molecule has 0 saturated heterocycles. The van der Waals surface area contributed by atoms with Gasteiger partial charge in [0.05, 0.1) is 17.3 Å². The molecule has 0 radical (unpaired) electrons. The molecule has 0 aliphatic carbocycles. The number of carbonyl (C=O) groups excluding carboxylic acids is 1. The van der Waals surface area contributed by atoms with Gasteiger partial charge in [0.2, 0.25) is 0 Å². The largest absolute Gasteiger partial charge is 0.492 e. The molecule has 0 unspecified atom stereocenters. The van der Waals surface area contributed by atoms with Gasteiger partial charge in [0.15, 0.2) is 11.6 Å². The van der Waals surface area contributed by atoms with Gasteiger partial charge in [-0.1, -0.05) is 23.7 Å². The lowest BCUT2D eigenvalue weighted by molar-refractivity contribution is 0.247. The maximum absolute atomic E-state index is 12.9. The van der Waals surface area contributed by atoms with Crippen molar-refractivity contribution >= 4 is 23.3 Å². The van der Waals surface area contributed by atoms with Crippen molar-refractivity contribution < 1.29 is 18.3 Å². The molecule has 0 spiro atoms. The quantitative estimate of drug-likeness (QED) is 0.821. The van der Waals surface area contributed by atoms with Crippen LogP contribution in [0.2, 0.25) is 5.02 Å². The summed E-state index contributed by atoms with van der Waals surface area (Å²) in [7, 11) is 0. The molecular weight excluding hydrogens is 314 g/mol. The lowest BCUT2D eigenvalue weighted by Gasteiger charge is -2.10. The van der Waals surface area contributed by atoms with E-state index >= 15 is 0 Å². The summed E-state index contributed by atoms with van der Waals surface area (Å²) in [4.78, 5) is 11.6. The Balaban J connectivity index is 1.73. The summed E-state index contributed by atoms with van der Waals surface area (Å²) >= 11 is 5.90. The van der Waals surface area contributed by atoms with Crippen molar-refractivity contribution in [1.29, 1.82) is 0 Å². The topological polar surface area (TPSA) is 50.4 Å². The first-order valence-corrected chi connectivity index (χ1v) is 6.81. The van der Waals surface area contributed by atoms with Crippen molar-refractivity contribution in [1.82, 2.24) is 5.32 Å². The van der Waals surface area contributed by atoms with Crippen LogP contribution in [0.25, 0.3) is 0 Å². The fourth-order valence-electron chi connectivity index (χ4n) is 1.63. The summed E-state index contributed by atoms with van der Waals surface area (Å²) in [6.07, 6.45) is 0. The number of rotatable bonds is 5. The molecule has 0 aliphatic rings. The summed E-state index contributed by atoms with van der Waals surface area (Å²) in [5, 5.41) is 5.56. The first-order valence-electron chi connectivity index (χ1n) is 6.43. The zero-order valence-electron chi connectivity index (χ0n) is 11.4. The Bertz CT molecular complexity index is 668. The Morgan fingerprint density at radius 2 is 1.91 bits per heavy atom. The molecule has 4 nitrogen and oxygen atoms in total. The van der Waals surface area contributed by atoms with Gasteiger partial charge in [0.25, 0.3) is 0 Å². The third kappa shape index (κ3) is 4.60. The van der Waals surface area contributed by atoms with Crippen molar-refractivity contribution in [2.45, 2.75) is 0 Å². The number of urea groups is 1. The first kappa shape index (κ1) is 16.0. The molecule has 0 saturated carbocycles. The van der Waals surface area contributed by atoms with E-state index in [0.717, 1.165) is 12.1 Å². The molecule has 0 heterocycles. The van der Waals surface area contributed by atoms with Crippen LogP contribution in [0.15, 0.2) is 42.5 Å². The van der Waals surface area contributed by atoms with Crippen LogP contribution in [0, 0.1) is 11.6 Å². The van der Waals surface area contributed by atoms with Crippen molar-refractivity contribution in [3.05, 3.63) is 59.1 Å². The second-order valence-electron chi connectivity index (χ2n) is 4.29. The Morgan fingerprint density at radius 3 is 2.64 bits per heavy atom. The molecule has 2 aromatic carbocycles. The number of hydrogen-bond donors (Lipinski definition) is 2. The van der Waals surface area contributed by atoms with E-state index in [9.17, 15) is 13.6 Å². The number of carbonyl (C=O) groups is 1. The van der Waals surface area contributed by atoms with E-state index in [1.807, 2.05) is 0 Å². The SMILES string of the molecule is O=C(NCCOc1ccc(F)c(F)c1)Nc1ccccc1Cl.